The molecule has 0 heterocycles. The third-order valence-corrected chi connectivity index (χ3v) is 4.24. The van der Waals surface area contributed by atoms with Crippen LogP contribution in [0, 0.1) is 5.92 Å². The predicted octanol–water partition coefficient (Wildman–Crippen LogP) is 3.54. The molecule has 0 saturated carbocycles. The smallest absolute Gasteiger partial charge is 0.0234 e. The normalized spacial score (nSPS) is 22.2. The fraction of sp³-hybridized carbons (Fsp3) is 0.692. The molecule has 1 rings (SSSR count). The summed E-state index contributed by atoms with van der Waals surface area (Å²) in [5.41, 5.74) is 0. The molecule has 2 heteroatoms. The Labute approximate surface area is 98.6 Å². The van der Waals surface area contributed by atoms with E-state index in [-0.39, 0.29) is 0 Å². The highest BCUT2D eigenvalue weighted by Crippen LogP contribution is 2.33. The first-order valence-electron chi connectivity index (χ1n) is 5.84. The average Bonchev–Trinajstić information content (AvgIpc) is 2.65. The monoisotopic (exact) mass is 225 g/mol. The highest BCUT2D eigenvalue weighted by Gasteiger charge is 2.22. The van der Waals surface area contributed by atoms with E-state index >= 15 is 0 Å². The summed E-state index contributed by atoms with van der Waals surface area (Å²) < 4.78 is 0. The van der Waals surface area contributed by atoms with Gasteiger partial charge in [-0.25, -0.2) is 0 Å². The number of thioether (sulfide) groups is 1. The van der Waals surface area contributed by atoms with Crippen LogP contribution in [0.2, 0.25) is 0 Å². The maximum Gasteiger partial charge on any atom is 0.0234 e. The molecule has 0 aliphatic heterocycles. The van der Waals surface area contributed by atoms with Crippen molar-refractivity contribution >= 4 is 11.8 Å². The van der Waals surface area contributed by atoms with E-state index in [1.165, 1.54) is 18.6 Å². The van der Waals surface area contributed by atoms with Gasteiger partial charge >= 0.3 is 0 Å². The molecule has 0 bridgehead atoms. The van der Waals surface area contributed by atoms with E-state index in [9.17, 15) is 0 Å². The van der Waals surface area contributed by atoms with Crippen molar-refractivity contribution in [3.8, 4) is 0 Å². The van der Waals surface area contributed by atoms with Gasteiger partial charge in [0.2, 0.25) is 0 Å². The van der Waals surface area contributed by atoms with E-state index in [2.05, 4.69) is 51.1 Å². The van der Waals surface area contributed by atoms with Crippen molar-refractivity contribution in [1.82, 2.24) is 4.90 Å². The Morgan fingerprint density at radius 1 is 1.47 bits per heavy atom. The molecule has 0 fully saturated rings. The lowest BCUT2D eigenvalue weighted by Gasteiger charge is -2.27. The molecule has 1 aliphatic rings. The molecule has 86 valence electrons. The second-order valence-electron chi connectivity index (χ2n) is 4.39. The van der Waals surface area contributed by atoms with Crippen LogP contribution < -0.4 is 0 Å². The Hall–Kier alpha value is -0.210. The van der Waals surface area contributed by atoms with Crippen molar-refractivity contribution in [2.45, 2.75) is 32.7 Å². The molecule has 0 amide bonds. The van der Waals surface area contributed by atoms with Gasteiger partial charge in [0.1, 0.15) is 0 Å². The minimum atomic E-state index is 0.601. The first-order chi connectivity index (χ1) is 7.16. The summed E-state index contributed by atoms with van der Waals surface area (Å²) in [6.45, 7) is 4.55. The van der Waals surface area contributed by atoms with E-state index < -0.39 is 0 Å². The fourth-order valence-corrected chi connectivity index (χ4v) is 2.99. The Bertz CT molecular complexity index is 243. The molecule has 2 unspecified atom stereocenters. The van der Waals surface area contributed by atoms with Crippen LogP contribution in [0.15, 0.2) is 23.1 Å². The van der Waals surface area contributed by atoms with Crippen LogP contribution in [0.3, 0.4) is 0 Å². The topological polar surface area (TPSA) is 3.24 Å². The van der Waals surface area contributed by atoms with Crippen LogP contribution in [0.1, 0.15) is 26.7 Å². The molecule has 0 aromatic heterocycles. The van der Waals surface area contributed by atoms with Crippen LogP contribution in [0.5, 0.6) is 0 Å². The molecule has 0 aromatic rings. The van der Waals surface area contributed by atoms with Gasteiger partial charge in [0.25, 0.3) is 0 Å². The number of rotatable bonds is 6. The van der Waals surface area contributed by atoms with Crippen LogP contribution in [0.25, 0.3) is 0 Å². The average molecular weight is 225 g/mol. The lowest BCUT2D eigenvalue weighted by atomic mass is 10.0. The van der Waals surface area contributed by atoms with E-state index in [1.54, 1.807) is 4.91 Å². The van der Waals surface area contributed by atoms with Crippen molar-refractivity contribution in [1.29, 1.82) is 0 Å². The highest BCUT2D eigenvalue weighted by molar-refractivity contribution is 8.03. The molecule has 1 nitrogen and oxygen atoms in total. The molecule has 2 atom stereocenters. The van der Waals surface area contributed by atoms with Crippen molar-refractivity contribution in [2.75, 3.05) is 19.8 Å². The molecule has 0 N–H and O–H groups in total. The Balaban J connectivity index is 2.44. The summed E-state index contributed by atoms with van der Waals surface area (Å²) in [7, 11) is 4.32. The van der Waals surface area contributed by atoms with Gasteiger partial charge in [-0.05, 0) is 38.1 Å². The molecule has 15 heavy (non-hydrogen) atoms. The van der Waals surface area contributed by atoms with Crippen LogP contribution in [0.4, 0.5) is 0 Å². The van der Waals surface area contributed by atoms with Gasteiger partial charge in [-0.2, -0.15) is 0 Å². The number of hydrogen-bond donors (Lipinski definition) is 0. The lowest BCUT2D eigenvalue weighted by Crippen LogP contribution is -2.31. The zero-order valence-corrected chi connectivity index (χ0v) is 11.2. The zero-order chi connectivity index (χ0) is 11.3. The largest absolute Gasteiger partial charge is 0.306 e. The third kappa shape index (κ3) is 3.69. The summed E-state index contributed by atoms with van der Waals surface area (Å²) >= 11 is 2.03. The number of unbranched alkanes of at least 4 members (excludes halogenated alkanes) is 1. The first-order valence-corrected chi connectivity index (χ1v) is 6.83. The molecule has 0 spiro atoms. The summed E-state index contributed by atoms with van der Waals surface area (Å²) in [6, 6.07) is 0.601. The van der Waals surface area contributed by atoms with Crippen LogP contribution in [-0.4, -0.2) is 30.8 Å². The summed E-state index contributed by atoms with van der Waals surface area (Å²) in [6.07, 6.45) is 9.44. The van der Waals surface area contributed by atoms with Crippen molar-refractivity contribution in [2.24, 2.45) is 5.92 Å². The predicted molar refractivity (Wildman–Crippen MR) is 71.2 cm³/mol. The maximum absolute atomic E-state index is 2.33. The van der Waals surface area contributed by atoms with Gasteiger partial charge in [-0.1, -0.05) is 31.6 Å². The second-order valence-corrected chi connectivity index (χ2v) is 5.55. The second kappa shape index (κ2) is 6.39. The molecule has 0 saturated heterocycles. The lowest BCUT2D eigenvalue weighted by molar-refractivity contribution is 0.281. The number of nitrogens with zero attached hydrogens (tertiary/aromatic N) is 1. The molecule has 0 radical (unpaired) electrons. The minimum Gasteiger partial charge on any atom is -0.306 e. The van der Waals surface area contributed by atoms with Gasteiger partial charge in [0.15, 0.2) is 0 Å². The molecular formula is C13H23NS. The van der Waals surface area contributed by atoms with Gasteiger partial charge in [-0.15, -0.1) is 11.8 Å². The van der Waals surface area contributed by atoms with Gasteiger partial charge in [0, 0.05) is 12.0 Å². The summed E-state index contributed by atoms with van der Waals surface area (Å²) in [5.74, 6) is 1.88. The molecular weight excluding hydrogens is 202 g/mol. The quantitative estimate of drug-likeness (QED) is 0.636. The van der Waals surface area contributed by atoms with Crippen LogP contribution >= 0.6 is 11.8 Å². The first kappa shape index (κ1) is 12.9. The highest BCUT2D eigenvalue weighted by atomic mass is 32.2. The summed E-state index contributed by atoms with van der Waals surface area (Å²) in [4.78, 5) is 3.85. The van der Waals surface area contributed by atoms with Gasteiger partial charge in [0.05, 0.1) is 0 Å². The fourth-order valence-electron chi connectivity index (χ4n) is 1.67. The zero-order valence-electron chi connectivity index (χ0n) is 10.4. The van der Waals surface area contributed by atoms with E-state index in [0.717, 1.165) is 0 Å². The van der Waals surface area contributed by atoms with E-state index in [4.69, 9.17) is 0 Å². The van der Waals surface area contributed by atoms with Gasteiger partial charge < -0.3 is 4.90 Å². The van der Waals surface area contributed by atoms with Crippen LogP contribution in [-0.2, 0) is 0 Å². The SMILES string of the molecule is CCCCSC1=CC=CC1C(C)N(C)C. The van der Waals surface area contributed by atoms with Crippen molar-refractivity contribution < 1.29 is 0 Å². The van der Waals surface area contributed by atoms with E-state index in [1.807, 2.05) is 11.8 Å². The standard InChI is InChI=1S/C13H23NS/c1-5-6-10-15-13-9-7-8-12(13)11(2)14(3)4/h7-9,11-12H,5-6,10H2,1-4H3. The minimum absolute atomic E-state index is 0.601. The Morgan fingerprint density at radius 2 is 2.20 bits per heavy atom. The van der Waals surface area contributed by atoms with E-state index in [0.29, 0.717) is 12.0 Å². The summed E-state index contributed by atoms with van der Waals surface area (Å²) in [5, 5.41) is 0. The molecule has 0 aromatic carbocycles. The third-order valence-electron chi connectivity index (χ3n) is 3.01. The van der Waals surface area contributed by atoms with Crippen molar-refractivity contribution in [3.63, 3.8) is 0 Å². The number of allylic oxidation sites excluding steroid dienone is 2. The number of hydrogen-bond acceptors (Lipinski definition) is 2. The Morgan fingerprint density at radius 3 is 2.80 bits per heavy atom. The Kier molecular flexibility index (Phi) is 5.48. The maximum atomic E-state index is 2.33. The van der Waals surface area contributed by atoms with Crippen molar-refractivity contribution in [3.05, 3.63) is 23.1 Å². The van der Waals surface area contributed by atoms with Gasteiger partial charge in [-0.3, -0.25) is 0 Å². The molecule has 1 aliphatic carbocycles.